The quantitative estimate of drug-likeness (QED) is 0.114. The molecule has 0 radical (unpaired) electrons. The van der Waals surface area contributed by atoms with Crippen LogP contribution in [-0.4, -0.2) is 101 Å². The van der Waals surface area contributed by atoms with Crippen LogP contribution >= 0.6 is 0 Å². The minimum atomic E-state index is -0.289. The van der Waals surface area contributed by atoms with E-state index in [0.717, 1.165) is 45.2 Å². The number of methoxy groups -OCH3 is 2. The number of ketones is 2. The molecule has 16 heteroatoms. The Labute approximate surface area is 314 Å². The molecule has 0 unspecified atom stereocenters. The van der Waals surface area contributed by atoms with Crippen molar-refractivity contribution in [3.05, 3.63) is 83.2 Å². The lowest BCUT2D eigenvalue weighted by molar-refractivity contribution is 0.102. The van der Waals surface area contributed by atoms with Crippen molar-refractivity contribution in [1.29, 1.82) is 0 Å². The molecular formula is C38H49N11O5. The largest absolute Gasteiger partial charge is 0.496 e. The van der Waals surface area contributed by atoms with Crippen LogP contribution in [0.25, 0.3) is 0 Å². The van der Waals surface area contributed by atoms with Crippen molar-refractivity contribution in [2.75, 3.05) is 69.0 Å². The number of nitrogens with one attached hydrogen (secondary N) is 4. The molecule has 6 rings (SSSR count). The Morgan fingerprint density at radius 3 is 1.65 bits per heavy atom. The number of ether oxygens (including phenoxy) is 2. The van der Waals surface area contributed by atoms with Crippen molar-refractivity contribution in [1.82, 2.24) is 35.5 Å². The summed E-state index contributed by atoms with van der Waals surface area (Å²) in [4.78, 5) is 56.4. The Morgan fingerprint density at radius 2 is 1.20 bits per heavy atom. The monoisotopic (exact) mass is 739 g/mol. The zero-order chi connectivity index (χ0) is 38.5. The van der Waals surface area contributed by atoms with Crippen LogP contribution in [0, 0.1) is 0 Å². The SMILES string of the molecule is CCCNC(=O)N1CCC(Nc2ncc(C(=O)c3ccccc3OC)c(N)n2)CC1.COc1ccccc1C(=O)c1cnc(NC2CCNCC2)nc1N. The number of urea groups is 1. The molecule has 4 aromatic rings. The number of rotatable bonds is 12. The first-order chi connectivity index (χ1) is 26.2. The highest BCUT2D eigenvalue weighted by molar-refractivity contribution is 6.13. The average molecular weight is 740 g/mol. The Balaban J connectivity index is 0.000000213. The van der Waals surface area contributed by atoms with Gasteiger partial charge in [0.2, 0.25) is 23.5 Å². The number of carbonyl (C=O) groups is 3. The van der Waals surface area contributed by atoms with Crippen molar-refractivity contribution < 1.29 is 23.9 Å². The first-order valence-electron chi connectivity index (χ1n) is 18.1. The van der Waals surface area contributed by atoms with E-state index >= 15 is 0 Å². The summed E-state index contributed by atoms with van der Waals surface area (Å²) in [5.41, 5.74) is 13.4. The van der Waals surface area contributed by atoms with Gasteiger partial charge in [-0.2, -0.15) is 9.97 Å². The summed E-state index contributed by atoms with van der Waals surface area (Å²) in [7, 11) is 3.04. The predicted octanol–water partition coefficient (Wildman–Crippen LogP) is 3.76. The molecule has 2 aliphatic heterocycles. The predicted molar refractivity (Wildman–Crippen MR) is 207 cm³/mol. The molecule has 0 atom stereocenters. The van der Waals surface area contributed by atoms with Gasteiger partial charge in [-0.25, -0.2) is 14.8 Å². The second-order valence-electron chi connectivity index (χ2n) is 12.9. The lowest BCUT2D eigenvalue weighted by Gasteiger charge is -2.32. The van der Waals surface area contributed by atoms with Crippen LogP contribution in [0.1, 0.15) is 70.9 Å². The summed E-state index contributed by atoms with van der Waals surface area (Å²) >= 11 is 0. The number of likely N-dealkylation sites (tertiary alicyclic amines) is 1. The molecular weight excluding hydrogens is 690 g/mol. The van der Waals surface area contributed by atoms with Gasteiger partial charge in [-0.05, 0) is 69.5 Å². The first-order valence-corrected chi connectivity index (χ1v) is 18.1. The number of benzene rings is 2. The van der Waals surface area contributed by atoms with Crippen molar-refractivity contribution in [3.8, 4) is 11.5 Å². The number of nitrogens with two attached hydrogens (primary N) is 2. The highest BCUT2D eigenvalue weighted by Crippen LogP contribution is 2.25. The summed E-state index contributed by atoms with van der Waals surface area (Å²) in [5.74, 6) is 1.53. The molecule has 54 heavy (non-hydrogen) atoms. The standard InChI is InChI=1S/C21H28N6O3.C17H21N5O2/c1-3-10-23-21(29)27-11-8-14(9-12-27)25-20-24-13-16(19(22)26-20)18(28)15-6-4-5-7-17(15)30-2;1-24-14-5-3-2-4-12(14)15(23)13-10-20-17(22-16(13)18)21-11-6-8-19-9-7-11/h4-7,13-14H,3,8-12H2,1-2H3,(H,23,29)(H3,22,24,25,26);2-5,10-11,19H,6-9H2,1H3,(H3,18,20,21,22). The molecule has 2 aromatic heterocycles. The molecule has 4 heterocycles. The van der Waals surface area contributed by atoms with E-state index in [-0.39, 0.29) is 46.4 Å². The fraction of sp³-hybridized carbons (Fsp3) is 0.395. The van der Waals surface area contributed by atoms with E-state index in [1.165, 1.54) is 26.6 Å². The van der Waals surface area contributed by atoms with Gasteiger partial charge in [0.05, 0.1) is 36.5 Å². The minimum absolute atomic E-state index is 0.0185. The van der Waals surface area contributed by atoms with E-state index in [2.05, 4.69) is 41.2 Å². The van der Waals surface area contributed by atoms with E-state index < -0.39 is 0 Å². The number of hydrogen-bond donors (Lipinski definition) is 6. The summed E-state index contributed by atoms with van der Waals surface area (Å²) in [6.45, 7) is 5.97. The van der Waals surface area contributed by atoms with Crippen molar-refractivity contribution in [3.63, 3.8) is 0 Å². The Bertz CT molecular complexity index is 1900. The highest BCUT2D eigenvalue weighted by atomic mass is 16.5. The molecule has 2 fully saturated rings. The fourth-order valence-corrected chi connectivity index (χ4v) is 6.14. The van der Waals surface area contributed by atoms with Gasteiger partial charge >= 0.3 is 6.03 Å². The third-order valence-corrected chi connectivity index (χ3v) is 9.14. The number of nitrogen functional groups attached to an aromatic ring is 2. The van der Waals surface area contributed by atoms with Crippen LogP contribution in [0.4, 0.5) is 28.3 Å². The normalized spacial score (nSPS) is 14.6. The minimum Gasteiger partial charge on any atom is -0.496 e. The summed E-state index contributed by atoms with van der Waals surface area (Å²) in [6.07, 6.45) is 7.40. The van der Waals surface area contributed by atoms with Gasteiger partial charge in [-0.3, -0.25) is 9.59 Å². The number of para-hydroxylation sites is 2. The molecule has 2 aliphatic rings. The van der Waals surface area contributed by atoms with Gasteiger partial charge in [-0.1, -0.05) is 31.2 Å². The molecule has 2 saturated heterocycles. The lowest BCUT2D eigenvalue weighted by atomic mass is 10.0. The highest BCUT2D eigenvalue weighted by Gasteiger charge is 2.24. The van der Waals surface area contributed by atoms with E-state index in [1.807, 2.05) is 17.9 Å². The zero-order valence-corrected chi connectivity index (χ0v) is 30.9. The van der Waals surface area contributed by atoms with Gasteiger partial charge in [-0.15, -0.1) is 0 Å². The second-order valence-corrected chi connectivity index (χ2v) is 12.9. The van der Waals surface area contributed by atoms with Crippen LogP contribution in [-0.2, 0) is 0 Å². The van der Waals surface area contributed by atoms with Crippen LogP contribution in [0.15, 0.2) is 60.9 Å². The molecule has 0 saturated carbocycles. The van der Waals surface area contributed by atoms with Crippen molar-refractivity contribution >= 4 is 41.1 Å². The number of piperidine rings is 2. The Kier molecular flexibility index (Phi) is 13.9. The Morgan fingerprint density at radius 1 is 0.741 bits per heavy atom. The number of hydrogen-bond acceptors (Lipinski definition) is 14. The van der Waals surface area contributed by atoms with E-state index in [0.29, 0.717) is 60.2 Å². The maximum Gasteiger partial charge on any atom is 0.317 e. The molecule has 286 valence electrons. The molecule has 2 aromatic carbocycles. The maximum absolute atomic E-state index is 12.8. The molecule has 0 spiro atoms. The average Bonchev–Trinajstić information content (AvgIpc) is 3.20. The van der Waals surface area contributed by atoms with Crippen molar-refractivity contribution in [2.24, 2.45) is 0 Å². The number of aromatic nitrogens is 4. The molecule has 2 amide bonds. The van der Waals surface area contributed by atoms with Gasteiger partial charge in [0, 0.05) is 44.1 Å². The molecule has 8 N–H and O–H groups in total. The first kappa shape index (κ1) is 39.2. The van der Waals surface area contributed by atoms with Gasteiger partial charge in [0.15, 0.2) is 0 Å². The number of carbonyl (C=O) groups excluding carboxylic acids is 3. The molecule has 0 bridgehead atoms. The number of amides is 2. The second kappa shape index (κ2) is 19.2. The van der Waals surface area contributed by atoms with Gasteiger partial charge in [0.25, 0.3) is 0 Å². The van der Waals surface area contributed by atoms with Crippen LogP contribution in [0.5, 0.6) is 11.5 Å². The van der Waals surface area contributed by atoms with E-state index in [4.69, 9.17) is 20.9 Å². The van der Waals surface area contributed by atoms with Crippen LogP contribution in [0.2, 0.25) is 0 Å². The number of nitrogens with zero attached hydrogens (tertiary/aromatic N) is 5. The van der Waals surface area contributed by atoms with Crippen molar-refractivity contribution in [2.45, 2.75) is 51.1 Å². The summed E-state index contributed by atoms with van der Waals surface area (Å²) in [5, 5.41) is 12.7. The fourth-order valence-electron chi connectivity index (χ4n) is 6.14. The van der Waals surface area contributed by atoms with Gasteiger partial charge in [0.1, 0.15) is 23.1 Å². The maximum atomic E-state index is 12.8. The summed E-state index contributed by atoms with van der Waals surface area (Å²) < 4.78 is 10.5. The molecule has 16 nitrogen and oxygen atoms in total. The third-order valence-electron chi connectivity index (χ3n) is 9.14. The molecule has 0 aliphatic carbocycles. The summed E-state index contributed by atoms with van der Waals surface area (Å²) in [6, 6.07) is 14.4. The van der Waals surface area contributed by atoms with Crippen LogP contribution in [0.3, 0.4) is 0 Å². The smallest absolute Gasteiger partial charge is 0.317 e. The zero-order valence-electron chi connectivity index (χ0n) is 30.9. The Hall–Kier alpha value is -6.03. The van der Waals surface area contributed by atoms with E-state index in [1.54, 1.807) is 42.5 Å². The third kappa shape index (κ3) is 10.1. The lowest BCUT2D eigenvalue weighted by Crippen LogP contribution is -2.47. The van der Waals surface area contributed by atoms with Crippen LogP contribution < -0.4 is 42.2 Å². The topological polar surface area (TPSA) is 225 Å². The number of anilines is 4. The van der Waals surface area contributed by atoms with Gasteiger partial charge < -0.3 is 47.1 Å². The van der Waals surface area contributed by atoms with E-state index in [9.17, 15) is 14.4 Å².